The summed E-state index contributed by atoms with van der Waals surface area (Å²) in [6.45, 7) is 16.7. The Morgan fingerprint density at radius 1 is 0.903 bits per heavy atom. The number of carbonyl (C=O) groups excluding carboxylic acids is 3. The highest BCUT2D eigenvalue weighted by atomic mass is 35.5. The maximum Gasteiger partial charge on any atom is 0.248 e. The molecule has 2 aromatic carbocycles. The lowest BCUT2D eigenvalue weighted by molar-refractivity contribution is -0.142. The van der Waals surface area contributed by atoms with Crippen LogP contribution in [0.2, 0.25) is 5.02 Å². The van der Waals surface area contributed by atoms with E-state index in [2.05, 4.69) is 63.7 Å². The normalized spacial score (nSPS) is 20.2. The van der Waals surface area contributed by atoms with Gasteiger partial charge in [0, 0.05) is 70.5 Å². The SMILES string of the molecule is Cc1ncsc1-c1ccc([C@H](C)NC(=O)[C@@H]2C[C@@H](C)CN2C(=O)[C@H](C(C)C)n2cc(-c3ccnc(O[C@H]4C[C@H](NC(=O)C[C@@H]5N=C(c6ccc(Cl)cc6)c6c(sc(C)c6C)-n6c(C)nnc65)C4)c3)cn2)cc1. The highest BCUT2D eigenvalue weighted by Gasteiger charge is 2.42. The molecule has 7 heterocycles. The first-order valence-corrected chi connectivity index (χ1v) is 26.6. The summed E-state index contributed by atoms with van der Waals surface area (Å²) < 4.78 is 10.1. The van der Waals surface area contributed by atoms with Gasteiger partial charge in [0.15, 0.2) is 5.82 Å². The van der Waals surface area contributed by atoms with Gasteiger partial charge in [0.1, 0.15) is 35.1 Å². The van der Waals surface area contributed by atoms with Gasteiger partial charge >= 0.3 is 0 Å². The number of nitrogens with zero attached hydrogens (tertiary/aromatic N) is 9. The summed E-state index contributed by atoms with van der Waals surface area (Å²) in [6.07, 6.45) is 7.12. The topological polar surface area (TPSA) is 174 Å². The summed E-state index contributed by atoms with van der Waals surface area (Å²) in [5.74, 6) is 1.47. The lowest BCUT2D eigenvalue weighted by Crippen LogP contribution is -2.49. The Labute approximate surface area is 432 Å². The number of nitrogens with one attached hydrogen (secondary N) is 2. The Kier molecular flexibility index (Phi) is 13.7. The minimum atomic E-state index is -0.622. The summed E-state index contributed by atoms with van der Waals surface area (Å²) in [7, 11) is 0. The Hall–Kier alpha value is -6.56. The van der Waals surface area contributed by atoms with Gasteiger partial charge in [-0.25, -0.2) is 9.97 Å². The van der Waals surface area contributed by atoms with E-state index in [4.69, 9.17) is 26.4 Å². The fourth-order valence-electron chi connectivity index (χ4n) is 10.1. The average Bonchev–Trinajstić information content (AvgIpc) is 4.19. The number of aryl methyl sites for hydroxylation is 3. The molecule has 0 bridgehead atoms. The van der Waals surface area contributed by atoms with Crippen molar-refractivity contribution in [3.63, 3.8) is 0 Å². The number of likely N-dealkylation sites (tertiary alicyclic amines) is 1. The maximum atomic E-state index is 14.5. The van der Waals surface area contributed by atoms with E-state index in [1.165, 1.54) is 4.88 Å². The van der Waals surface area contributed by atoms with E-state index in [1.807, 2.05) is 99.4 Å². The van der Waals surface area contributed by atoms with Crippen LogP contribution >= 0.6 is 34.3 Å². The van der Waals surface area contributed by atoms with Crippen molar-refractivity contribution < 1.29 is 19.1 Å². The van der Waals surface area contributed by atoms with Crippen LogP contribution in [0.3, 0.4) is 0 Å². The number of aromatic nitrogens is 7. The lowest BCUT2D eigenvalue weighted by atomic mass is 9.89. The summed E-state index contributed by atoms with van der Waals surface area (Å²) in [5.41, 5.74) is 10.4. The number of fused-ring (bicyclic) bond motifs is 3. The van der Waals surface area contributed by atoms with Gasteiger partial charge in [0.25, 0.3) is 0 Å². The Morgan fingerprint density at radius 2 is 1.65 bits per heavy atom. The first kappa shape index (κ1) is 49.0. The zero-order valence-electron chi connectivity index (χ0n) is 41.6. The van der Waals surface area contributed by atoms with Gasteiger partial charge in [-0.05, 0) is 93.3 Å². The number of halogens is 1. The molecule has 1 saturated carbocycles. The molecular formula is C54H58ClN11O4S2. The molecule has 0 unspecified atom stereocenters. The van der Waals surface area contributed by atoms with Crippen LogP contribution in [-0.4, -0.2) is 87.6 Å². The second-order valence-electron chi connectivity index (χ2n) is 19.8. The molecule has 2 aliphatic heterocycles. The van der Waals surface area contributed by atoms with Crippen LogP contribution in [0.25, 0.3) is 26.6 Å². The molecule has 18 heteroatoms. The minimum absolute atomic E-state index is 0.0738. The largest absolute Gasteiger partial charge is 0.474 e. The average molecular weight is 1020 g/mol. The molecule has 5 atom stereocenters. The number of pyridine rings is 1. The third-order valence-electron chi connectivity index (χ3n) is 14.2. The molecule has 72 heavy (non-hydrogen) atoms. The van der Waals surface area contributed by atoms with Crippen LogP contribution in [0.4, 0.5) is 0 Å². The highest BCUT2D eigenvalue weighted by Crippen LogP contribution is 2.40. The van der Waals surface area contributed by atoms with E-state index in [9.17, 15) is 14.4 Å². The van der Waals surface area contributed by atoms with E-state index < -0.39 is 18.1 Å². The third kappa shape index (κ3) is 9.73. The van der Waals surface area contributed by atoms with E-state index in [-0.39, 0.29) is 54.2 Å². The predicted octanol–water partition coefficient (Wildman–Crippen LogP) is 9.92. The molecule has 1 saturated heterocycles. The standard InChI is InChI=1S/C54H58ClN11O4S2/c1-28(2)49(53(69)64-25-29(3)19-44(64)52(68)59-31(5)35-9-11-37(12-10-35)50-32(6)57-27-71-50)65-26-39(24-58-65)38-17-18-56-46(20-38)70-42-21-41(22-42)60-45(67)23-43-51-63-62-34(8)66(51)54-47(30(4)33(7)72-54)48(61-43)36-13-15-40(55)16-14-36/h9-18,20,24,26-29,31,41-44,49H,19,21-23,25H2,1-8H3,(H,59,68)(H,60,67)/t29-,31+,41-,42-,43+,44+,49+/m1/s1. The minimum Gasteiger partial charge on any atom is -0.474 e. The number of aliphatic imine (C=N–C) groups is 1. The second-order valence-corrected chi connectivity index (χ2v) is 22.3. The molecule has 15 nitrogen and oxygen atoms in total. The number of thiazole rings is 1. The van der Waals surface area contributed by atoms with E-state index in [0.717, 1.165) is 66.1 Å². The van der Waals surface area contributed by atoms with Crippen LogP contribution in [-0.2, 0) is 14.4 Å². The molecule has 0 radical (unpaired) electrons. The van der Waals surface area contributed by atoms with Crippen LogP contribution < -0.4 is 15.4 Å². The number of carbonyl (C=O) groups is 3. The Balaban J connectivity index is 0.762. The van der Waals surface area contributed by atoms with Crippen molar-refractivity contribution in [1.82, 2.24) is 50.0 Å². The number of ether oxygens (including phenoxy) is 1. The fraction of sp³-hybridized carbons (Fsp3) is 0.389. The van der Waals surface area contributed by atoms with Gasteiger partial charge in [0.2, 0.25) is 23.6 Å². The second kappa shape index (κ2) is 20.2. The van der Waals surface area contributed by atoms with Crippen molar-refractivity contribution in [2.24, 2.45) is 16.8 Å². The van der Waals surface area contributed by atoms with Crippen LogP contribution in [0.15, 0.2) is 89.8 Å². The van der Waals surface area contributed by atoms with Gasteiger partial charge in [-0.2, -0.15) is 5.10 Å². The molecule has 2 fully saturated rings. The summed E-state index contributed by atoms with van der Waals surface area (Å²) in [6, 6.07) is 17.5. The number of hydrogen-bond donors (Lipinski definition) is 2. The first-order chi connectivity index (χ1) is 34.6. The van der Waals surface area contributed by atoms with Gasteiger partial charge in [-0.3, -0.25) is 28.6 Å². The summed E-state index contributed by atoms with van der Waals surface area (Å²) >= 11 is 9.57. The van der Waals surface area contributed by atoms with Gasteiger partial charge < -0.3 is 20.3 Å². The molecule has 1 aliphatic carbocycles. The number of benzene rings is 2. The molecule has 372 valence electrons. The monoisotopic (exact) mass is 1020 g/mol. The lowest BCUT2D eigenvalue weighted by Gasteiger charge is -2.35. The van der Waals surface area contributed by atoms with Crippen molar-refractivity contribution in [1.29, 1.82) is 0 Å². The van der Waals surface area contributed by atoms with Crippen LogP contribution in [0.5, 0.6) is 5.88 Å². The summed E-state index contributed by atoms with van der Waals surface area (Å²) in [5, 5.41) is 21.7. The van der Waals surface area contributed by atoms with Crippen molar-refractivity contribution in [2.75, 3.05) is 6.54 Å². The van der Waals surface area contributed by atoms with Gasteiger partial charge in [-0.15, -0.1) is 32.9 Å². The first-order valence-electron chi connectivity index (χ1n) is 24.5. The maximum absolute atomic E-state index is 14.5. The number of amides is 3. The predicted molar refractivity (Wildman–Crippen MR) is 281 cm³/mol. The smallest absolute Gasteiger partial charge is 0.248 e. The number of hydrogen-bond acceptors (Lipinski definition) is 12. The van der Waals surface area contributed by atoms with Crippen molar-refractivity contribution >= 4 is 57.7 Å². The van der Waals surface area contributed by atoms with Crippen LogP contribution in [0, 0.1) is 39.5 Å². The van der Waals surface area contributed by atoms with Gasteiger partial charge in [-0.1, -0.05) is 68.8 Å². The van der Waals surface area contributed by atoms with E-state index in [1.54, 1.807) is 44.6 Å². The van der Waals surface area contributed by atoms with Gasteiger partial charge in [0.05, 0.1) is 40.5 Å². The molecule has 5 aromatic heterocycles. The molecule has 10 rings (SSSR count). The van der Waals surface area contributed by atoms with Crippen molar-refractivity contribution in [3.05, 3.63) is 134 Å². The third-order valence-corrected chi connectivity index (χ3v) is 16.6. The number of rotatable bonds is 14. The molecule has 0 spiro atoms. The van der Waals surface area contributed by atoms with E-state index in [0.29, 0.717) is 42.5 Å². The Bertz CT molecular complexity index is 3190. The molecule has 2 N–H and O–H groups in total. The zero-order chi connectivity index (χ0) is 50.5. The molecule has 7 aromatic rings. The molecular weight excluding hydrogens is 966 g/mol. The molecule has 3 amide bonds. The van der Waals surface area contributed by atoms with Crippen molar-refractivity contribution in [2.45, 2.75) is 117 Å². The van der Waals surface area contributed by atoms with Crippen LogP contribution in [0.1, 0.15) is 116 Å². The van der Waals surface area contributed by atoms with E-state index >= 15 is 0 Å². The molecule has 3 aliphatic rings. The fourth-order valence-corrected chi connectivity index (χ4v) is 12.3. The zero-order valence-corrected chi connectivity index (χ0v) is 44.0. The highest BCUT2D eigenvalue weighted by molar-refractivity contribution is 7.15. The van der Waals surface area contributed by atoms with Crippen molar-refractivity contribution in [3.8, 4) is 32.4 Å². The number of thiophene rings is 1. The summed E-state index contributed by atoms with van der Waals surface area (Å²) in [4.78, 5) is 60.4. The quantitative estimate of drug-likeness (QED) is 0.107. The Morgan fingerprint density at radius 3 is 2.38 bits per heavy atom.